The summed E-state index contributed by atoms with van der Waals surface area (Å²) in [5.74, 6) is 0.107. The first-order valence-corrected chi connectivity index (χ1v) is 9.74. The van der Waals surface area contributed by atoms with Crippen LogP contribution in [0.1, 0.15) is 36.4 Å². The molecule has 1 aliphatic rings. The second kappa shape index (κ2) is 9.55. The van der Waals surface area contributed by atoms with Crippen LogP contribution in [0.15, 0.2) is 42.6 Å². The lowest BCUT2D eigenvalue weighted by atomic mass is 9.72. The Bertz CT molecular complexity index is 886. The number of hydrogen-bond acceptors (Lipinski definition) is 7. The smallest absolute Gasteiger partial charge is 0.320 e. The summed E-state index contributed by atoms with van der Waals surface area (Å²) >= 11 is 0. The van der Waals surface area contributed by atoms with Crippen LogP contribution in [-0.4, -0.2) is 47.9 Å². The zero-order valence-corrected chi connectivity index (χ0v) is 16.9. The van der Waals surface area contributed by atoms with Crippen molar-refractivity contribution in [2.45, 2.75) is 30.9 Å². The number of nitrogen functional groups attached to an aromatic ring is 1. The summed E-state index contributed by atoms with van der Waals surface area (Å²) < 4.78 is 10.1. The zero-order chi connectivity index (χ0) is 21.6. The van der Waals surface area contributed by atoms with E-state index in [1.54, 1.807) is 7.11 Å². The molecule has 3 rings (SSSR count). The standard InChI is InChI=1S/C21H27N5O4/c1-29-10-11-30-19(23)15-13-24-17(12-16(15)22)25-20(27)26-18(21(28)8-5-9-21)14-6-3-2-4-7-14/h2-4,6-7,12-13,18,23,28H,5,8-11H2,1H3,(H4,22,24,25,26,27)/t18-/m0/s1. The Balaban J connectivity index is 1.66. The molecule has 9 nitrogen and oxygen atoms in total. The van der Waals surface area contributed by atoms with Crippen molar-refractivity contribution in [3.63, 3.8) is 0 Å². The average Bonchev–Trinajstić information content (AvgIpc) is 2.71. The van der Waals surface area contributed by atoms with E-state index in [9.17, 15) is 9.90 Å². The summed E-state index contributed by atoms with van der Waals surface area (Å²) in [5.41, 5.74) is 6.43. The maximum atomic E-state index is 12.6. The van der Waals surface area contributed by atoms with E-state index in [2.05, 4.69) is 15.6 Å². The highest BCUT2D eigenvalue weighted by molar-refractivity contribution is 5.97. The van der Waals surface area contributed by atoms with Gasteiger partial charge in [-0.05, 0) is 24.8 Å². The SMILES string of the molecule is COCCOC(=N)c1cnc(NC(=O)N[C@@H](c2ccccc2)C2(O)CCC2)cc1N. The normalized spacial score (nSPS) is 15.5. The minimum atomic E-state index is -0.969. The number of carbonyl (C=O) groups excluding carboxylic acids is 1. The van der Waals surface area contributed by atoms with Gasteiger partial charge in [0.15, 0.2) is 0 Å². The van der Waals surface area contributed by atoms with Crippen LogP contribution < -0.4 is 16.4 Å². The molecule has 0 unspecified atom stereocenters. The fourth-order valence-electron chi connectivity index (χ4n) is 3.32. The van der Waals surface area contributed by atoms with Crippen LogP contribution in [-0.2, 0) is 9.47 Å². The average molecular weight is 413 g/mol. The molecular weight excluding hydrogens is 386 g/mol. The number of urea groups is 1. The molecule has 1 fully saturated rings. The van der Waals surface area contributed by atoms with Crippen LogP contribution in [0.25, 0.3) is 0 Å². The molecule has 0 spiro atoms. The maximum absolute atomic E-state index is 12.6. The first-order valence-electron chi connectivity index (χ1n) is 9.74. The number of benzene rings is 1. The van der Waals surface area contributed by atoms with Crippen molar-refractivity contribution in [2.75, 3.05) is 31.4 Å². The predicted octanol–water partition coefficient (Wildman–Crippen LogP) is 2.43. The zero-order valence-electron chi connectivity index (χ0n) is 16.9. The van der Waals surface area contributed by atoms with E-state index < -0.39 is 17.7 Å². The molecule has 0 saturated heterocycles. The van der Waals surface area contributed by atoms with Crippen LogP contribution in [0.4, 0.5) is 16.3 Å². The van der Waals surface area contributed by atoms with Gasteiger partial charge in [-0.2, -0.15) is 0 Å². The van der Waals surface area contributed by atoms with Crippen LogP contribution in [0.2, 0.25) is 0 Å². The maximum Gasteiger partial charge on any atom is 0.320 e. The van der Waals surface area contributed by atoms with Crippen LogP contribution >= 0.6 is 0 Å². The molecule has 2 aromatic rings. The third kappa shape index (κ3) is 5.05. The van der Waals surface area contributed by atoms with Gasteiger partial charge in [0, 0.05) is 25.1 Å². The van der Waals surface area contributed by atoms with Gasteiger partial charge in [0.25, 0.3) is 0 Å². The number of anilines is 2. The fourth-order valence-corrected chi connectivity index (χ4v) is 3.32. The van der Waals surface area contributed by atoms with Gasteiger partial charge in [0.1, 0.15) is 12.4 Å². The van der Waals surface area contributed by atoms with Crippen LogP contribution in [0, 0.1) is 5.41 Å². The van der Waals surface area contributed by atoms with E-state index in [4.69, 9.17) is 20.6 Å². The summed E-state index contributed by atoms with van der Waals surface area (Å²) in [7, 11) is 1.54. The lowest BCUT2D eigenvalue weighted by molar-refractivity contribution is -0.0627. The van der Waals surface area contributed by atoms with Gasteiger partial charge in [-0.1, -0.05) is 30.3 Å². The molecule has 1 aromatic carbocycles. The number of ether oxygens (including phenoxy) is 2. The Morgan fingerprint density at radius 3 is 2.67 bits per heavy atom. The Labute approximate surface area is 175 Å². The molecule has 2 amide bonds. The molecule has 1 heterocycles. The van der Waals surface area contributed by atoms with Crippen LogP contribution in [0.3, 0.4) is 0 Å². The Hall–Kier alpha value is -3.17. The number of nitrogens with one attached hydrogen (secondary N) is 3. The molecule has 6 N–H and O–H groups in total. The van der Waals surface area contributed by atoms with Crippen molar-refractivity contribution in [3.8, 4) is 0 Å². The Morgan fingerprint density at radius 1 is 1.33 bits per heavy atom. The molecule has 1 aliphatic carbocycles. The number of hydrogen-bond donors (Lipinski definition) is 5. The molecule has 0 bridgehead atoms. The fraction of sp³-hybridized carbons (Fsp3) is 0.381. The Morgan fingerprint density at radius 2 is 2.07 bits per heavy atom. The quantitative estimate of drug-likeness (QED) is 0.256. The van der Waals surface area contributed by atoms with Crippen LogP contribution in [0.5, 0.6) is 0 Å². The van der Waals surface area contributed by atoms with Crippen molar-refractivity contribution in [1.29, 1.82) is 5.41 Å². The van der Waals surface area contributed by atoms with Gasteiger partial charge in [-0.3, -0.25) is 10.7 Å². The monoisotopic (exact) mass is 413 g/mol. The summed E-state index contributed by atoms with van der Waals surface area (Å²) in [6.45, 7) is 0.575. The number of methoxy groups -OCH3 is 1. The minimum absolute atomic E-state index is 0.121. The molecule has 30 heavy (non-hydrogen) atoms. The third-order valence-electron chi connectivity index (χ3n) is 5.12. The number of nitrogens with two attached hydrogens (primary N) is 1. The number of carbonyl (C=O) groups is 1. The first kappa shape index (κ1) is 21.5. The molecule has 0 radical (unpaired) electrons. The molecule has 1 atom stereocenters. The van der Waals surface area contributed by atoms with Gasteiger partial charge in [-0.25, -0.2) is 9.78 Å². The van der Waals surface area contributed by atoms with E-state index in [1.165, 1.54) is 12.3 Å². The van der Waals surface area contributed by atoms with Gasteiger partial charge >= 0.3 is 6.03 Å². The topological polar surface area (TPSA) is 143 Å². The van der Waals surface area contributed by atoms with Crippen molar-refractivity contribution in [3.05, 3.63) is 53.7 Å². The summed E-state index contributed by atoms with van der Waals surface area (Å²) in [6.07, 6.45) is 3.53. The van der Waals surface area contributed by atoms with Crippen molar-refractivity contribution in [2.24, 2.45) is 0 Å². The molecule has 0 aliphatic heterocycles. The van der Waals surface area contributed by atoms with E-state index >= 15 is 0 Å². The number of pyridine rings is 1. The second-order valence-electron chi connectivity index (χ2n) is 7.23. The van der Waals surface area contributed by atoms with Gasteiger partial charge in [-0.15, -0.1) is 0 Å². The summed E-state index contributed by atoms with van der Waals surface area (Å²) in [4.78, 5) is 16.7. The number of nitrogens with zero attached hydrogens (tertiary/aromatic N) is 1. The highest BCUT2D eigenvalue weighted by Gasteiger charge is 2.43. The number of amides is 2. The highest BCUT2D eigenvalue weighted by atomic mass is 16.5. The number of aromatic nitrogens is 1. The molecule has 1 aromatic heterocycles. The highest BCUT2D eigenvalue weighted by Crippen LogP contribution is 2.42. The molecule has 9 heteroatoms. The van der Waals surface area contributed by atoms with Crippen molar-refractivity contribution in [1.82, 2.24) is 10.3 Å². The first-order chi connectivity index (χ1) is 14.4. The van der Waals surface area contributed by atoms with Gasteiger partial charge < -0.3 is 25.6 Å². The van der Waals surface area contributed by atoms with Crippen molar-refractivity contribution >= 4 is 23.4 Å². The Kier molecular flexibility index (Phi) is 6.86. The van der Waals surface area contributed by atoms with Gasteiger partial charge in [0.2, 0.25) is 5.90 Å². The number of rotatable bonds is 8. The molecule has 1 saturated carbocycles. The third-order valence-corrected chi connectivity index (χ3v) is 5.12. The predicted molar refractivity (Wildman–Crippen MR) is 113 cm³/mol. The minimum Gasteiger partial charge on any atom is -0.475 e. The molecular formula is C21H27N5O4. The lowest BCUT2D eigenvalue weighted by Crippen LogP contribution is -2.51. The summed E-state index contributed by atoms with van der Waals surface area (Å²) in [5, 5.41) is 24.3. The van der Waals surface area contributed by atoms with E-state index in [1.807, 2.05) is 30.3 Å². The second-order valence-corrected chi connectivity index (χ2v) is 7.23. The van der Waals surface area contributed by atoms with E-state index in [-0.39, 0.29) is 24.0 Å². The number of aliphatic hydroxyl groups is 1. The van der Waals surface area contributed by atoms with E-state index in [0.29, 0.717) is 25.0 Å². The molecule has 160 valence electrons. The van der Waals surface area contributed by atoms with Crippen molar-refractivity contribution < 1.29 is 19.4 Å². The largest absolute Gasteiger partial charge is 0.475 e. The summed E-state index contributed by atoms with van der Waals surface area (Å²) in [6, 6.07) is 9.79. The lowest BCUT2D eigenvalue weighted by Gasteiger charge is -2.43. The van der Waals surface area contributed by atoms with E-state index in [0.717, 1.165) is 12.0 Å². The van der Waals surface area contributed by atoms with Gasteiger partial charge in [0.05, 0.1) is 23.8 Å².